The van der Waals surface area contributed by atoms with E-state index < -0.39 is 0 Å². The van der Waals surface area contributed by atoms with Gasteiger partial charge < -0.3 is 4.74 Å². The Morgan fingerprint density at radius 1 is 1.33 bits per heavy atom. The first-order valence-electron chi connectivity index (χ1n) is 4.78. The molecule has 15 heavy (non-hydrogen) atoms. The van der Waals surface area contributed by atoms with Crippen molar-refractivity contribution in [3.63, 3.8) is 0 Å². The fourth-order valence-electron chi connectivity index (χ4n) is 1.46. The predicted molar refractivity (Wildman–Crippen MR) is 55.7 cm³/mol. The fraction of sp³-hybridized carbons (Fsp3) is 0.167. The van der Waals surface area contributed by atoms with Crippen molar-refractivity contribution < 1.29 is 14.3 Å². The van der Waals surface area contributed by atoms with Crippen LogP contribution in [0, 0.1) is 0 Å². The third kappa shape index (κ3) is 1.68. The maximum Gasteiger partial charge on any atom is 0.310 e. The summed E-state index contributed by atoms with van der Waals surface area (Å²) in [4.78, 5) is 22.5. The summed E-state index contributed by atoms with van der Waals surface area (Å²) >= 11 is 0. The molecular formula is C12H10O3. The lowest BCUT2D eigenvalue weighted by Crippen LogP contribution is -2.07. The van der Waals surface area contributed by atoms with Crippen molar-refractivity contribution in [3.05, 3.63) is 35.4 Å². The van der Waals surface area contributed by atoms with Gasteiger partial charge in [0.15, 0.2) is 5.78 Å². The van der Waals surface area contributed by atoms with Crippen molar-refractivity contribution >= 4 is 17.8 Å². The first-order chi connectivity index (χ1) is 7.22. The third-order valence-electron chi connectivity index (χ3n) is 2.25. The molecule has 0 heterocycles. The molecule has 0 saturated carbocycles. The molecule has 0 aliphatic heterocycles. The van der Waals surface area contributed by atoms with E-state index in [-0.39, 0.29) is 11.8 Å². The molecule has 0 unspecified atom stereocenters. The van der Waals surface area contributed by atoms with Gasteiger partial charge in [-0.3, -0.25) is 9.59 Å². The zero-order chi connectivity index (χ0) is 10.8. The number of esters is 1. The van der Waals surface area contributed by atoms with Gasteiger partial charge in [-0.05, 0) is 18.2 Å². The molecule has 0 amide bonds. The number of hydrogen-bond acceptors (Lipinski definition) is 3. The standard InChI is InChI=1S/C12H10O3/c1-2-12(14)15-11-5-3-4-8-9(11)6-7-10(8)13/h3-7H,2H2,1H3. The first-order valence-corrected chi connectivity index (χ1v) is 4.78. The number of allylic oxidation sites excluding steroid dienone is 1. The molecule has 1 aliphatic rings. The molecule has 2 rings (SSSR count). The van der Waals surface area contributed by atoms with Crippen molar-refractivity contribution in [2.24, 2.45) is 0 Å². The second kappa shape index (κ2) is 3.69. The van der Waals surface area contributed by atoms with Crippen LogP contribution >= 0.6 is 0 Å². The number of carbonyl (C=O) groups is 2. The van der Waals surface area contributed by atoms with E-state index in [1.54, 1.807) is 31.2 Å². The van der Waals surface area contributed by atoms with E-state index in [1.807, 2.05) is 0 Å². The van der Waals surface area contributed by atoms with Gasteiger partial charge in [-0.15, -0.1) is 0 Å². The van der Waals surface area contributed by atoms with Gasteiger partial charge in [-0.1, -0.05) is 19.1 Å². The molecule has 0 spiro atoms. The van der Waals surface area contributed by atoms with Crippen molar-refractivity contribution in [1.82, 2.24) is 0 Å². The lowest BCUT2D eigenvalue weighted by molar-refractivity contribution is -0.134. The minimum Gasteiger partial charge on any atom is -0.426 e. The Labute approximate surface area is 87.4 Å². The molecule has 0 fully saturated rings. The molecule has 1 aromatic rings. The zero-order valence-corrected chi connectivity index (χ0v) is 8.32. The van der Waals surface area contributed by atoms with Gasteiger partial charge in [-0.25, -0.2) is 0 Å². The second-order valence-corrected chi connectivity index (χ2v) is 3.24. The van der Waals surface area contributed by atoms with E-state index in [9.17, 15) is 9.59 Å². The zero-order valence-electron chi connectivity index (χ0n) is 8.32. The molecule has 0 radical (unpaired) electrons. The lowest BCUT2D eigenvalue weighted by atomic mass is 10.1. The van der Waals surface area contributed by atoms with Crippen LogP contribution in [0.3, 0.4) is 0 Å². The highest BCUT2D eigenvalue weighted by molar-refractivity contribution is 6.14. The summed E-state index contributed by atoms with van der Waals surface area (Å²) in [5, 5.41) is 0. The highest BCUT2D eigenvalue weighted by Gasteiger charge is 2.18. The third-order valence-corrected chi connectivity index (χ3v) is 2.25. The fourth-order valence-corrected chi connectivity index (χ4v) is 1.46. The number of ether oxygens (including phenoxy) is 1. The molecule has 3 nitrogen and oxygen atoms in total. The molecule has 1 aliphatic carbocycles. The molecule has 1 aromatic carbocycles. The molecule has 0 N–H and O–H groups in total. The van der Waals surface area contributed by atoms with Crippen LogP contribution in [0.15, 0.2) is 24.3 Å². The van der Waals surface area contributed by atoms with Crippen molar-refractivity contribution in [2.75, 3.05) is 0 Å². The van der Waals surface area contributed by atoms with E-state index in [1.165, 1.54) is 6.08 Å². The maximum absolute atomic E-state index is 11.3. The Morgan fingerprint density at radius 3 is 2.87 bits per heavy atom. The molecule has 0 bridgehead atoms. The Hall–Kier alpha value is -1.90. The van der Waals surface area contributed by atoms with Crippen LogP contribution in [0.4, 0.5) is 0 Å². The number of ketones is 1. The second-order valence-electron chi connectivity index (χ2n) is 3.24. The summed E-state index contributed by atoms with van der Waals surface area (Å²) in [7, 11) is 0. The van der Waals surface area contributed by atoms with Gasteiger partial charge in [0.2, 0.25) is 0 Å². The largest absolute Gasteiger partial charge is 0.426 e. The summed E-state index contributed by atoms with van der Waals surface area (Å²) < 4.78 is 5.11. The number of rotatable bonds is 2. The average molecular weight is 202 g/mol. The van der Waals surface area contributed by atoms with E-state index in [2.05, 4.69) is 0 Å². The van der Waals surface area contributed by atoms with Crippen LogP contribution in [-0.4, -0.2) is 11.8 Å². The molecule has 3 heteroatoms. The Bertz CT molecular complexity index is 458. The van der Waals surface area contributed by atoms with Crippen molar-refractivity contribution in [2.45, 2.75) is 13.3 Å². The quantitative estimate of drug-likeness (QED) is 0.545. The first kappa shape index (κ1) is 9.65. The predicted octanol–water partition coefficient (Wildman–Crippen LogP) is 2.21. The van der Waals surface area contributed by atoms with E-state index in [0.717, 1.165) is 0 Å². The molecular weight excluding hydrogens is 192 g/mol. The van der Waals surface area contributed by atoms with Crippen molar-refractivity contribution in [3.8, 4) is 5.75 Å². The van der Waals surface area contributed by atoms with E-state index >= 15 is 0 Å². The Kier molecular flexibility index (Phi) is 2.37. The van der Waals surface area contributed by atoms with Crippen LogP contribution in [0.2, 0.25) is 0 Å². The normalized spacial score (nSPS) is 12.7. The van der Waals surface area contributed by atoms with E-state index in [0.29, 0.717) is 23.3 Å². The summed E-state index contributed by atoms with van der Waals surface area (Å²) in [6, 6.07) is 5.12. The number of hydrogen-bond donors (Lipinski definition) is 0. The van der Waals surface area contributed by atoms with E-state index in [4.69, 9.17) is 4.74 Å². The molecule has 0 atom stereocenters. The molecule has 0 aromatic heterocycles. The monoisotopic (exact) mass is 202 g/mol. The minimum absolute atomic E-state index is 0.0422. The number of carbonyl (C=O) groups excluding carboxylic acids is 2. The van der Waals surface area contributed by atoms with Gasteiger partial charge in [0.05, 0.1) is 0 Å². The minimum atomic E-state index is -0.295. The topological polar surface area (TPSA) is 43.4 Å². The summed E-state index contributed by atoms with van der Waals surface area (Å²) in [5.74, 6) is 0.122. The highest BCUT2D eigenvalue weighted by Crippen LogP contribution is 2.29. The Balaban J connectivity index is 2.38. The van der Waals surface area contributed by atoms with Crippen LogP contribution in [0.1, 0.15) is 29.3 Å². The number of benzene rings is 1. The van der Waals surface area contributed by atoms with Crippen LogP contribution in [-0.2, 0) is 4.79 Å². The van der Waals surface area contributed by atoms with Gasteiger partial charge in [0.1, 0.15) is 5.75 Å². The summed E-state index contributed by atoms with van der Waals surface area (Å²) in [5.41, 5.74) is 1.29. The average Bonchev–Trinajstić information content (AvgIpc) is 2.62. The van der Waals surface area contributed by atoms with Gasteiger partial charge in [0, 0.05) is 17.5 Å². The van der Waals surface area contributed by atoms with Gasteiger partial charge >= 0.3 is 5.97 Å². The van der Waals surface area contributed by atoms with Gasteiger partial charge in [-0.2, -0.15) is 0 Å². The summed E-state index contributed by atoms with van der Waals surface area (Å²) in [6.45, 7) is 1.73. The maximum atomic E-state index is 11.3. The smallest absolute Gasteiger partial charge is 0.310 e. The Morgan fingerprint density at radius 2 is 2.13 bits per heavy atom. The summed E-state index contributed by atoms with van der Waals surface area (Å²) in [6.07, 6.45) is 3.48. The van der Waals surface area contributed by atoms with Crippen LogP contribution in [0.5, 0.6) is 5.75 Å². The van der Waals surface area contributed by atoms with Crippen LogP contribution in [0.25, 0.3) is 6.08 Å². The molecule has 76 valence electrons. The van der Waals surface area contributed by atoms with Crippen molar-refractivity contribution in [1.29, 1.82) is 0 Å². The lowest BCUT2D eigenvalue weighted by Gasteiger charge is -2.06. The van der Waals surface area contributed by atoms with Crippen LogP contribution < -0.4 is 4.74 Å². The molecule has 0 saturated heterocycles. The number of fused-ring (bicyclic) bond motifs is 1. The SMILES string of the molecule is CCC(=O)Oc1cccc2c1C=CC2=O. The highest BCUT2D eigenvalue weighted by atomic mass is 16.5. The van der Waals surface area contributed by atoms with Gasteiger partial charge in [0.25, 0.3) is 0 Å².